The van der Waals surface area contributed by atoms with E-state index in [2.05, 4.69) is 53.4 Å². The van der Waals surface area contributed by atoms with Gasteiger partial charge in [-0.15, -0.1) is 0 Å². The van der Waals surface area contributed by atoms with Gasteiger partial charge in [-0.05, 0) is 49.4 Å². The van der Waals surface area contributed by atoms with Crippen molar-refractivity contribution in [3.05, 3.63) is 0 Å². The predicted molar refractivity (Wildman–Crippen MR) is 92.5 cm³/mol. The van der Waals surface area contributed by atoms with E-state index in [0.717, 1.165) is 25.3 Å². The van der Waals surface area contributed by atoms with Crippen LogP contribution >= 0.6 is 0 Å². The zero-order chi connectivity index (χ0) is 16.2. The summed E-state index contributed by atoms with van der Waals surface area (Å²) >= 11 is 0. The molecule has 1 N–H and O–H groups in total. The molecule has 1 rings (SSSR count). The molecule has 3 atom stereocenters. The highest BCUT2D eigenvalue weighted by Crippen LogP contribution is 2.40. The molecular weight excluding hydrogens is 258 g/mol. The molecule has 1 fully saturated rings. The summed E-state index contributed by atoms with van der Waals surface area (Å²) in [5, 5.41) is 10.6. The molecule has 0 amide bonds. The van der Waals surface area contributed by atoms with Crippen molar-refractivity contribution in [3.8, 4) is 0 Å². The Kier molecular flexibility index (Phi) is 7.19. The van der Waals surface area contributed by atoms with E-state index in [0.29, 0.717) is 23.4 Å². The van der Waals surface area contributed by atoms with E-state index >= 15 is 0 Å². The lowest BCUT2D eigenvalue weighted by molar-refractivity contribution is -0.0392. The van der Waals surface area contributed by atoms with Gasteiger partial charge < -0.3 is 5.11 Å². The summed E-state index contributed by atoms with van der Waals surface area (Å²) in [6.07, 6.45) is 5.55. The number of hydrogen-bond acceptors (Lipinski definition) is 2. The molecule has 3 unspecified atom stereocenters. The maximum atomic E-state index is 10.6. The van der Waals surface area contributed by atoms with Gasteiger partial charge in [0.15, 0.2) is 0 Å². The number of rotatable bonds is 6. The Morgan fingerprint density at radius 2 is 1.67 bits per heavy atom. The van der Waals surface area contributed by atoms with Crippen LogP contribution in [-0.4, -0.2) is 34.7 Å². The molecule has 0 heterocycles. The molecule has 1 aliphatic rings. The summed E-state index contributed by atoms with van der Waals surface area (Å²) in [4.78, 5) is 2.65. The van der Waals surface area contributed by atoms with Gasteiger partial charge in [0.1, 0.15) is 0 Å². The first-order valence-electron chi connectivity index (χ1n) is 9.14. The van der Waals surface area contributed by atoms with Gasteiger partial charge in [-0.25, -0.2) is 0 Å². The minimum atomic E-state index is -0.136. The molecule has 0 spiro atoms. The summed E-state index contributed by atoms with van der Waals surface area (Å²) < 4.78 is 0. The molecule has 2 nitrogen and oxygen atoms in total. The third kappa shape index (κ3) is 5.25. The predicted octanol–water partition coefficient (Wildman–Crippen LogP) is 4.71. The second-order valence-electron chi connectivity index (χ2n) is 8.57. The third-order valence-corrected chi connectivity index (χ3v) is 5.42. The lowest BCUT2D eigenvalue weighted by Crippen LogP contribution is -2.53. The Bertz CT molecular complexity index is 290. The highest BCUT2D eigenvalue weighted by Gasteiger charge is 2.39. The van der Waals surface area contributed by atoms with Crippen LogP contribution in [0, 0.1) is 17.3 Å². The number of aliphatic hydroxyl groups excluding tert-OH is 1. The molecule has 0 aromatic heterocycles. The second kappa shape index (κ2) is 7.97. The normalized spacial score (nSPS) is 27.9. The van der Waals surface area contributed by atoms with E-state index in [1.807, 2.05) is 0 Å². The average Bonchev–Trinajstić information content (AvgIpc) is 2.37. The maximum Gasteiger partial charge on any atom is 0.0695 e. The summed E-state index contributed by atoms with van der Waals surface area (Å²) in [6, 6.07) is 0.973. The quantitative estimate of drug-likeness (QED) is 0.767. The van der Waals surface area contributed by atoms with Crippen molar-refractivity contribution in [1.82, 2.24) is 4.90 Å². The monoisotopic (exact) mass is 297 g/mol. The van der Waals surface area contributed by atoms with E-state index in [9.17, 15) is 5.11 Å². The van der Waals surface area contributed by atoms with Crippen LogP contribution in [0.3, 0.4) is 0 Å². The minimum Gasteiger partial charge on any atom is -0.391 e. The van der Waals surface area contributed by atoms with Gasteiger partial charge >= 0.3 is 0 Å². The van der Waals surface area contributed by atoms with Crippen molar-refractivity contribution in [2.45, 2.75) is 98.8 Å². The zero-order valence-electron chi connectivity index (χ0n) is 15.5. The first-order chi connectivity index (χ1) is 9.70. The van der Waals surface area contributed by atoms with Gasteiger partial charge in [0.2, 0.25) is 0 Å². The fraction of sp³-hybridized carbons (Fsp3) is 1.00. The molecule has 21 heavy (non-hydrogen) atoms. The third-order valence-electron chi connectivity index (χ3n) is 5.42. The molecule has 0 aromatic carbocycles. The highest BCUT2D eigenvalue weighted by molar-refractivity contribution is 4.92. The van der Waals surface area contributed by atoms with Gasteiger partial charge in [-0.3, -0.25) is 4.90 Å². The molecule has 1 aliphatic carbocycles. The lowest BCUT2D eigenvalue weighted by atomic mass is 9.69. The molecule has 0 radical (unpaired) electrons. The van der Waals surface area contributed by atoms with Gasteiger partial charge in [0.05, 0.1) is 6.10 Å². The van der Waals surface area contributed by atoms with Crippen LogP contribution in [-0.2, 0) is 0 Å². The maximum absolute atomic E-state index is 10.6. The molecule has 126 valence electrons. The molecule has 2 heteroatoms. The first-order valence-corrected chi connectivity index (χ1v) is 9.14. The lowest BCUT2D eigenvalue weighted by Gasteiger charge is -2.47. The van der Waals surface area contributed by atoms with E-state index in [4.69, 9.17) is 0 Å². The molecule has 0 aromatic rings. The molecule has 1 saturated carbocycles. The smallest absolute Gasteiger partial charge is 0.0695 e. The summed E-state index contributed by atoms with van der Waals surface area (Å²) in [6.45, 7) is 17.4. The minimum absolute atomic E-state index is 0.136. The van der Waals surface area contributed by atoms with Crippen molar-refractivity contribution >= 4 is 0 Å². The van der Waals surface area contributed by atoms with Crippen LogP contribution < -0.4 is 0 Å². The summed E-state index contributed by atoms with van der Waals surface area (Å²) in [7, 11) is 0. The van der Waals surface area contributed by atoms with Gasteiger partial charge in [-0.2, -0.15) is 0 Å². The van der Waals surface area contributed by atoms with Crippen LogP contribution in [0.5, 0.6) is 0 Å². The SMILES string of the molecule is CCC(CC)N(CC(C)C)C1CC(C(C)(C)C)CCC1O. The van der Waals surface area contributed by atoms with Crippen LogP contribution in [0.2, 0.25) is 0 Å². The summed E-state index contributed by atoms with van der Waals surface area (Å²) in [5.41, 5.74) is 0.357. The van der Waals surface area contributed by atoms with Crippen molar-refractivity contribution in [3.63, 3.8) is 0 Å². The van der Waals surface area contributed by atoms with Crippen molar-refractivity contribution in [1.29, 1.82) is 0 Å². The van der Waals surface area contributed by atoms with E-state index in [-0.39, 0.29) is 6.10 Å². The van der Waals surface area contributed by atoms with Crippen molar-refractivity contribution in [2.75, 3.05) is 6.54 Å². The van der Waals surface area contributed by atoms with Gasteiger partial charge in [0.25, 0.3) is 0 Å². The molecular formula is C19H39NO. The Morgan fingerprint density at radius 3 is 2.10 bits per heavy atom. The summed E-state index contributed by atoms with van der Waals surface area (Å²) in [5.74, 6) is 1.39. The molecule has 0 aliphatic heterocycles. The van der Waals surface area contributed by atoms with E-state index in [1.165, 1.54) is 19.3 Å². The number of aliphatic hydroxyl groups is 1. The zero-order valence-corrected chi connectivity index (χ0v) is 15.5. The molecule has 0 saturated heterocycles. The van der Waals surface area contributed by atoms with E-state index < -0.39 is 0 Å². The first kappa shape index (κ1) is 19.0. The van der Waals surface area contributed by atoms with Crippen molar-refractivity contribution in [2.24, 2.45) is 17.3 Å². The topological polar surface area (TPSA) is 23.5 Å². The Morgan fingerprint density at radius 1 is 1.10 bits per heavy atom. The number of nitrogens with zero attached hydrogens (tertiary/aromatic N) is 1. The van der Waals surface area contributed by atoms with Gasteiger partial charge in [-0.1, -0.05) is 48.5 Å². The van der Waals surface area contributed by atoms with Crippen molar-refractivity contribution < 1.29 is 5.11 Å². The van der Waals surface area contributed by atoms with Crippen LogP contribution in [0.25, 0.3) is 0 Å². The van der Waals surface area contributed by atoms with Crippen LogP contribution in [0.4, 0.5) is 0 Å². The Hall–Kier alpha value is -0.0800. The largest absolute Gasteiger partial charge is 0.391 e. The van der Waals surface area contributed by atoms with Crippen LogP contribution in [0.1, 0.15) is 80.6 Å². The van der Waals surface area contributed by atoms with E-state index in [1.54, 1.807) is 0 Å². The average molecular weight is 298 g/mol. The Labute approximate surface area is 133 Å². The fourth-order valence-corrected chi connectivity index (χ4v) is 4.01. The highest BCUT2D eigenvalue weighted by atomic mass is 16.3. The van der Waals surface area contributed by atoms with Crippen LogP contribution in [0.15, 0.2) is 0 Å². The Balaban J connectivity index is 2.91. The number of hydrogen-bond donors (Lipinski definition) is 1. The van der Waals surface area contributed by atoms with Gasteiger partial charge in [0, 0.05) is 18.6 Å². The second-order valence-corrected chi connectivity index (χ2v) is 8.57. The molecule has 0 bridgehead atoms. The standard InChI is InChI=1S/C19H39NO/c1-8-16(9-2)20(13-14(3)4)17-12-15(19(5,6)7)10-11-18(17)21/h14-18,21H,8-13H2,1-7H3. The fourth-order valence-electron chi connectivity index (χ4n) is 4.01.